The molecule has 0 saturated carbocycles. The maximum absolute atomic E-state index is 13.0. The fourth-order valence-corrected chi connectivity index (χ4v) is 2.16. The van der Waals surface area contributed by atoms with Crippen LogP contribution < -0.4 is 19.5 Å². The summed E-state index contributed by atoms with van der Waals surface area (Å²) < 4.78 is 29.0. The summed E-state index contributed by atoms with van der Waals surface area (Å²) in [4.78, 5) is 16.6. The van der Waals surface area contributed by atoms with E-state index < -0.39 is 11.7 Å². The summed E-state index contributed by atoms with van der Waals surface area (Å²) in [6.45, 7) is 0.927. The van der Waals surface area contributed by atoms with Gasteiger partial charge in [-0.3, -0.25) is 4.79 Å². The lowest BCUT2D eigenvalue weighted by Crippen LogP contribution is -2.13. The van der Waals surface area contributed by atoms with Crippen LogP contribution in [0.2, 0.25) is 0 Å². The van der Waals surface area contributed by atoms with E-state index in [-0.39, 0.29) is 13.4 Å². The maximum atomic E-state index is 13.0. The average molecular weight is 360 g/mol. The Labute approximate surface area is 149 Å². The number of hydrogen-bond acceptors (Lipinski definition) is 6. The number of nitrogens with zero attached hydrogens (tertiary/aromatic N) is 1. The number of anilines is 1. The molecule has 7 nitrogen and oxygen atoms in total. The van der Waals surface area contributed by atoms with E-state index in [0.29, 0.717) is 36.0 Å². The van der Waals surface area contributed by atoms with Crippen LogP contribution in [0.5, 0.6) is 17.2 Å². The molecule has 2 aromatic carbocycles. The summed E-state index contributed by atoms with van der Waals surface area (Å²) in [6.07, 6.45) is 1.57. The second-order valence-corrected chi connectivity index (χ2v) is 5.28. The number of ether oxygens (including phenoxy) is 3. The molecule has 0 atom stereocenters. The number of nitrogens with one attached hydrogen (secondary N) is 1. The van der Waals surface area contributed by atoms with E-state index in [1.54, 1.807) is 24.3 Å². The molecule has 0 aliphatic carbocycles. The van der Waals surface area contributed by atoms with Gasteiger partial charge in [0.05, 0.1) is 6.61 Å². The summed E-state index contributed by atoms with van der Waals surface area (Å²) in [6, 6.07) is 10.9. The van der Waals surface area contributed by atoms with Crippen LogP contribution in [0.3, 0.4) is 0 Å². The van der Waals surface area contributed by atoms with Crippen molar-refractivity contribution < 1.29 is 28.2 Å². The van der Waals surface area contributed by atoms with Crippen molar-refractivity contribution in [2.45, 2.75) is 6.42 Å². The number of carbonyl (C=O) groups is 1. The van der Waals surface area contributed by atoms with Crippen LogP contribution in [-0.2, 0) is 9.63 Å². The molecule has 2 aromatic rings. The number of hydrogen-bond donors (Lipinski definition) is 1. The van der Waals surface area contributed by atoms with E-state index in [0.717, 1.165) is 6.21 Å². The Kier molecular flexibility index (Phi) is 5.87. The molecule has 0 fully saturated rings. The monoisotopic (exact) mass is 360 g/mol. The zero-order chi connectivity index (χ0) is 18.2. The van der Waals surface area contributed by atoms with Gasteiger partial charge in [-0.1, -0.05) is 11.2 Å². The smallest absolute Gasteiger partial charge is 0.270 e. The third kappa shape index (κ3) is 5.10. The number of amides is 1. The molecule has 26 heavy (non-hydrogen) atoms. The Morgan fingerprint density at radius 3 is 2.96 bits per heavy atom. The van der Waals surface area contributed by atoms with Gasteiger partial charge in [-0.15, -0.1) is 0 Å². The normalized spacial score (nSPS) is 12.2. The topological polar surface area (TPSA) is 78.4 Å². The highest BCUT2D eigenvalue weighted by Crippen LogP contribution is 2.35. The number of fused-ring (bicyclic) bond motifs is 1. The molecule has 1 aliphatic rings. The highest BCUT2D eigenvalue weighted by atomic mass is 19.1. The molecule has 0 radical (unpaired) electrons. The van der Waals surface area contributed by atoms with Crippen LogP contribution in [0, 0.1) is 5.82 Å². The van der Waals surface area contributed by atoms with Gasteiger partial charge in [0.25, 0.3) is 5.91 Å². The molecule has 0 aromatic heterocycles. The highest BCUT2D eigenvalue weighted by molar-refractivity contribution is 6.31. The van der Waals surface area contributed by atoms with Gasteiger partial charge in [-0.25, -0.2) is 4.39 Å². The van der Waals surface area contributed by atoms with E-state index in [1.165, 1.54) is 18.2 Å². The zero-order valence-electron chi connectivity index (χ0n) is 13.8. The van der Waals surface area contributed by atoms with Gasteiger partial charge in [0.15, 0.2) is 11.5 Å². The van der Waals surface area contributed by atoms with Crippen LogP contribution in [0.15, 0.2) is 47.6 Å². The fraction of sp³-hybridized carbons (Fsp3) is 0.222. The van der Waals surface area contributed by atoms with Crippen molar-refractivity contribution in [3.63, 3.8) is 0 Å². The molecule has 1 aliphatic heterocycles. The zero-order valence-corrected chi connectivity index (χ0v) is 13.8. The predicted molar refractivity (Wildman–Crippen MR) is 92.2 cm³/mol. The first-order valence-corrected chi connectivity index (χ1v) is 7.95. The highest BCUT2D eigenvalue weighted by Gasteiger charge is 2.13. The number of rotatable bonds is 8. The van der Waals surface area contributed by atoms with Gasteiger partial charge in [0.2, 0.25) is 6.79 Å². The molecular weight excluding hydrogens is 343 g/mol. The summed E-state index contributed by atoms with van der Waals surface area (Å²) in [5.74, 6) is 1.09. The van der Waals surface area contributed by atoms with Crippen molar-refractivity contribution in [1.82, 2.24) is 0 Å². The number of oxime groups is 1. The molecular formula is C18H17FN2O5. The second kappa shape index (κ2) is 8.70. The van der Waals surface area contributed by atoms with Gasteiger partial charge in [-0.05, 0) is 30.3 Å². The molecule has 1 heterocycles. The van der Waals surface area contributed by atoms with Crippen molar-refractivity contribution in [3.05, 3.63) is 48.3 Å². The molecule has 0 spiro atoms. The minimum atomic E-state index is -0.507. The Morgan fingerprint density at radius 2 is 2.08 bits per heavy atom. The van der Waals surface area contributed by atoms with E-state index in [2.05, 4.69) is 10.5 Å². The van der Waals surface area contributed by atoms with Gasteiger partial charge in [0.1, 0.15) is 24.4 Å². The van der Waals surface area contributed by atoms with Crippen molar-refractivity contribution >= 4 is 17.8 Å². The third-order valence-electron chi connectivity index (χ3n) is 3.33. The third-order valence-corrected chi connectivity index (χ3v) is 3.33. The van der Waals surface area contributed by atoms with Crippen molar-refractivity contribution in [2.75, 3.05) is 25.3 Å². The van der Waals surface area contributed by atoms with Gasteiger partial charge < -0.3 is 24.4 Å². The standard InChI is InChI=1S/C18H17FN2O5/c19-13-3-1-4-14(9-13)21-18(22)11-20-26-8-2-7-23-15-5-6-16-17(10-15)25-12-24-16/h1,3-6,9-11H,2,7-8,12H2,(H,21,22)/b20-11+. The van der Waals surface area contributed by atoms with Crippen molar-refractivity contribution in [2.24, 2.45) is 5.16 Å². The van der Waals surface area contributed by atoms with Crippen molar-refractivity contribution in [3.8, 4) is 17.2 Å². The molecule has 0 saturated heterocycles. The van der Waals surface area contributed by atoms with Crippen LogP contribution in [0.4, 0.5) is 10.1 Å². The van der Waals surface area contributed by atoms with E-state index in [1.807, 2.05) is 0 Å². The Morgan fingerprint density at radius 1 is 1.19 bits per heavy atom. The largest absolute Gasteiger partial charge is 0.493 e. The molecule has 8 heteroatoms. The second-order valence-electron chi connectivity index (χ2n) is 5.28. The Balaban J connectivity index is 1.30. The average Bonchev–Trinajstić information content (AvgIpc) is 3.08. The van der Waals surface area contributed by atoms with E-state index in [4.69, 9.17) is 19.0 Å². The maximum Gasteiger partial charge on any atom is 0.270 e. The Bertz CT molecular complexity index is 797. The summed E-state index contributed by atoms with van der Waals surface area (Å²) >= 11 is 0. The number of benzene rings is 2. The minimum absolute atomic E-state index is 0.220. The predicted octanol–water partition coefficient (Wildman–Crippen LogP) is 2.96. The van der Waals surface area contributed by atoms with E-state index in [9.17, 15) is 9.18 Å². The molecule has 0 bridgehead atoms. The number of halogens is 1. The minimum Gasteiger partial charge on any atom is -0.493 e. The first kappa shape index (κ1) is 17.5. The fourth-order valence-electron chi connectivity index (χ4n) is 2.16. The van der Waals surface area contributed by atoms with Gasteiger partial charge in [-0.2, -0.15) is 0 Å². The summed E-state index contributed by atoms with van der Waals surface area (Å²) in [7, 11) is 0. The lowest BCUT2D eigenvalue weighted by molar-refractivity contribution is -0.110. The Hall–Kier alpha value is -3.29. The van der Waals surface area contributed by atoms with Crippen LogP contribution in [0.25, 0.3) is 0 Å². The molecule has 1 amide bonds. The number of carbonyl (C=O) groups excluding carboxylic acids is 1. The van der Waals surface area contributed by atoms with Crippen LogP contribution in [0.1, 0.15) is 6.42 Å². The lowest BCUT2D eigenvalue weighted by atomic mass is 10.3. The van der Waals surface area contributed by atoms with Crippen LogP contribution >= 0.6 is 0 Å². The first-order chi connectivity index (χ1) is 12.7. The van der Waals surface area contributed by atoms with Gasteiger partial charge >= 0.3 is 0 Å². The summed E-state index contributed by atoms with van der Waals surface area (Å²) in [5, 5.41) is 6.03. The quantitative estimate of drug-likeness (QED) is 0.445. The van der Waals surface area contributed by atoms with Gasteiger partial charge in [0, 0.05) is 18.2 Å². The lowest BCUT2D eigenvalue weighted by Gasteiger charge is -2.06. The molecule has 0 unspecified atom stereocenters. The van der Waals surface area contributed by atoms with E-state index >= 15 is 0 Å². The van der Waals surface area contributed by atoms with Crippen LogP contribution in [-0.4, -0.2) is 32.1 Å². The summed E-state index contributed by atoms with van der Waals surface area (Å²) in [5.41, 5.74) is 0.346. The first-order valence-electron chi connectivity index (χ1n) is 7.95. The van der Waals surface area contributed by atoms with Crippen molar-refractivity contribution in [1.29, 1.82) is 0 Å². The SMILES string of the molecule is O=C(/C=N/OCCCOc1ccc2c(c1)OCO2)Nc1cccc(F)c1. The molecule has 136 valence electrons. The molecule has 1 N–H and O–H groups in total. The molecule has 3 rings (SSSR count).